The van der Waals surface area contributed by atoms with E-state index < -0.39 is 6.09 Å². The summed E-state index contributed by atoms with van der Waals surface area (Å²) in [5.41, 5.74) is 4.60. The van der Waals surface area contributed by atoms with Crippen LogP contribution in [0.2, 0.25) is 0 Å². The van der Waals surface area contributed by atoms with E-state index in [2.05, 4.69) is 31.5 Å². The molecular weight excluding hydrogens is 472 g/mol. The summed E-state index contributed by atoms with van der Waals surface area (Å²) in [5.74, 6) is 2.37. The zero-order valence-corrected chi connectivity index (χ0v) is 20.3. The van der Waals surface area contributed by atoms with E-state index in [1.54, 1.807) is 4.52 Å². The molecule has 1 aliphatic rings. The van der Waals surface area contributed by atoms with Crippen LogP contribution in [0.4, 0.5) is 16.3 Å². The molecule has 0 spiro atoms. The first-order valence-corrected chi connectivity index (χ1v) is 12.2. The molecule has 1 amide bonds. The van der Waals surface area contributed by atoms with Crippen molar-refractivity contribution in [2.24, 2.45) is 0 Å². The Bertz CT molecular complexity index is 1590. The zero-order chi connectivity index (χ0) is 25.4. The van der Waals surface area contributed by atoms with Crippen LogP contribution in [0.5, 0.6) is 11.5 Å². The second kappa shape index (κ2) is 9.41. The predicted molar refractivity (Wildman–Crippen MR) is 137 cm³/mol. The third-order valence-corrected chi connectivity index (χ3v) is 6.84. The summed E-state index contributed by atoms with van der Waals surface area (Å²) in [7, 11) is 0. The number of hydrogen-bond donors (Lipinski definition) is 2. The summed E-state index contributed by atoms with van der Waals surface area (Å²) in [6.45, 7) is 3.09. The lowest BCUT2D eigenvalue weighted by molar-refractivity contribution is 0.147. The van der Waals surface area contributed by atoms with E-state index in [0.717, 1.165) is 47.3 Å². The Balaban J connectivity index is 1.24. The van der Waals surface area contributed by atoms with Gasteiger partial charge < -0.3 is 20.1 Å². The van der Waals surface area contributed by atoms with Crippen LogP contribution in [0, 0.1) is 6.92 Å². The fourth-order valence-corrected chi connectivity index (χ4v) is 4.96. The molecule has 4 aromatic heterocycles. The van der Waals surface area contributed by atoms with Crippen LogP contribution in [-0.4, -0.2) is 58.4 Å². The third-order valence-electron chi connectivity index (χ3n) is 6.84. The van der Waals surface area contributed by atoms with Crippen molar-refractivity contribution in [2.45, 2.75) is 32.1 Å². The van der Waals surface area contributed by atoms with Gasteiger partial charge in [0.1, 0.15) is 29.7 Å². The van der Waals surface area contributed by atoms with E-state index in [0.29, 0.717) is 30.3 Å². The number of ether oxygens (including phenoxy) is 1. The molecule has 0 bridgehead atoms. The molecule has 37 heavy (non-hydrogen) atoms. The molecule has 1 aromatic carbocycles. The van der Waals surface area contributed by atoms with Gasteiger partial charge >= 0.3 is 6.09 Å². The molecule has 11 nitrogen and oxygen atoms in total. The van der Waals surface area contributed by atoms with E-state index in [-0.39, 0.29) is 5.92 Å². The van der Waals surface area contributed by atoms with Gasteiger partial charge in [0.25, 0.3) is 0 Å². The molecule has 1 saturated heterocycles. The van der Waals surface area contributed by atoms with Gasteiger partial charge in [0.2, 0.25) is 0 Å². The van der Waals surface area contributed by atoms with Crippen LogP contribution in [-0.2, 0) is 0 Å². The van der Waals surface area contributed by atoms with Gasteiger partial charge in [-0.15, -0.1) is 0 Å². The number of hydrogen-bond acceptors (Lipinski definition) is 7. The molecular formula is C26H26N8O3. The Morgan fingerprint density at radius 3 is 2.73 bits per heavy atom. The summed E-state index contributed by atoms with van der Waals surface area (Å²) in [6.07, 6.45) is 8.45. The Hall–Kier alpha value is -4.67. The van der Waals surface area contributed by atoms with Crippen LogP contribution in [0.1, 0.15) is 36.3 Å². The number of rotatable bonds is 5. The lowest BCUT2D eigenvalue weighted by Gasteiger charge is -2.17. The molecule has 0 radical (unpaired) electrons. The summed E-state index contributed by atoms with van der Waals surface area (Å²) < 4.78 is 9.61. The Morgan fingerprint density at radius 2 is 1.86 bits per heavy atom. The molecule has 5 aromatic rings. The number of aryl methyl sites for hydroxylation is 1. The number of likely N-dealkylation sites (tertiary alicyclic amines) is 1. The van der Waals surface area contributed by atoms with Crippen molar-refractivity contribution in [3.8, 4) is 11.5 Å². The van der Waals surface area contributed by atoms with Gasteiger partial charge in [0.15, 0.2) is 11.5 Å². The van der Waals surface area contributed by atoms with Crippen LogP contribution >= 0.6 is 0 Å². The number of carbonyl (C=O) groups is 1. The van der Waals surface area contributed by atoms with Gasteiger partial charge in [-0.3, -0.25) is 0 Å². The average Bonchev–Trinajstić information content (AvgIpc) is 3.46. The van der Waals surface area contributed by atoms with Crippen molar-refractivity contribution in [1.82, 2.24) is 34.1 Å². The number of pyridine rings is 1. The van der Waals surface area contributed by atoms with Gasteiger partial charge in [0, 0.05) is 37.2 Å². The first kappa shape index (κ1) is 22.8. The number of benzene rings is 1. The average molecular weight is 499 g/mol. The third kappa shape index (κ3) is 4.51. The monoisotopic (exact) mass is 498 g/mol. The highest BCUT2D eigenvalue weighted by Crippen LogP contribution is 2.35. The standard InChI is InChI=1S/C26H26N8O3/c1-17-13-19(4-5-22(17)37-20-7-11-33-23(14-20)27-15-29-33)31-25-24-21(8-12-34(24)30-16-28-25)18-3-2-9-32(10-6-18)26(35)36/h4-5,7-8,11-16,18H,2-3,6,9-10H2,1H3,(H,35,36)(H,28,30,31). The maximum Gasteiger partial charge on any atom is 0.407 e. The fourth-order valence-electron chi connectivity index (χ4n) is 4.96. The number of fused-ring (bicyclic) bond motifs is 2. The van der Waals surface area contributed by atoms with Crippen LogP contribution in [0.3, 0.4) is 0 Å². The molecule has 6 rings (SSSR count). The summed E-state index contributed by atoms with van der Waals surface area (Å²) in [6, 6.07) is 11.7. The quantitative estimate of drug-likeness (QED) is 0.352. The molecule has 5 heterocycles. The Labute approximate surface area is 212 Å². The van der Waals surface area contributed by atoms with Crippen molar-refractivity contribution in [3.05, 3.63) is 72.6 Å². The van der Waals surface area contributed by atoms with Crippen molar-refractivity contribution < 1.29 is 14.6 Å². The summed E-state index contributed by atoms with van der Waals surface area (Å²) >= 11 is 0. The first-order valence-electron chi connectivity index (χ1n) is 12.2. The Morgan fingerprint density at radius 1 is 1.03 bits per heavy atom. The zero-order valence-electron chi connectivity index (χ0n) is 20.3. The fraction of sp³-hybridized carbons (Fsp3) is 0.269. The number of carboxylic acid groups (broad SMARTS) is 1. The van der Waals surface area contributed by atoms with Crippen molar-refractivity contribution in [1.29, 1.82) is 0 Å². The van der Waals surface area contributed by atoms with Crippen molar-refractivity contribution in [3.63, 3.8) is 0 Å². The first-order chi connectivity index (χ1) is 18.0. The molecule has 188 valence electrons. The van der Waals surface area contributed by atoms with Crippen LogP contribution in [0.25, 0.3) is 11.2 Å². The van der Waals surface area contributed by atoms with Gasteiger partial charge in [-0.05, 0) is 73.6 Å². The minimum absolute atomic E-state index is 0.237. The normalized spacial score (nSPS) is 16.1. The minimum atomic E-state index is -0.852. The van der Waals surface area contributed by atoms with E-state index in [4.69, 9.17) is 4.74 Å². The SMILES string of the molecule is Cc1cc(Nc2ncnn3ccc(C4CCCN(C(=O)O)CC4)c23)ccc1Oc1ccn2ncnc2c1. The summed E-state index contributed by atoms with van der Waals surface area (Å²) in [5, 5.41) is 21.3. The lowest BCUT2D eigenvalue weighted by Crippen LogP contribution is -2.30. The predicted octanol–water partition coefficient (Wildman–Crippen LogP) is 4.86. The molecule has 11 heteroatoms. The number of aromatic nitrogens is 6. The highest BCUT2D eigenvalue weighted by molar-refractivity contribution is 5.77. The topological polar surface area (TPSA) is 122 Å². The van der Waals surface area contributed by atoms with Gasteiger partial charge in [0.05, 0.1) is 0 Å². The Kier molecular flexibility index (Phi) is 5.79. The molecule has 1 unspecified atom stereocenters. The number of amides is 1. The van der Waals surface area contributed by atoms with Crippen molar-refractivity contribution >= 4 is 28.8 Å². The number of anilines is 2. The van der Waals surface area contributed by atoms with Gasteiger partial charge in [-0.2, -0.15) is 10.2 Å². The molecule has 1 aliphatic heterocycles. The van der Waals surface area contributed by atoms with Gasteiger partial charge in [-0.1, -0.05) is 0 Å². The number of nitrogens with zero attached hydrogens (tertiary/aromatic N) is 7. The summed E-state index contributed by atoms with van der Waals surface area (Å²) in [4.78, 5) is 21.7. The van der Waals surface area contributed by atoms with E-state index >= 15 is 0 Å². The van der Waals surface area contributed by atoms with Gasteiger partial charge in [-0.25, -0.2) is 23.8 Å². The second-order valence-corrected chi connectivity index (χ2v) is 9.20. The molecule has 1 atom stereocenters. The maximum atomic E-state index is 11.4. The smallest absolute Gasteiger partial charge is 0.407 e. The largest absolute Gasteiger partial charge is 0.465 e. The highest BCUT2D eigenvalue weighted by Gasteiger charge is 2.24. The number of nitrogens with one attached hydrogen (secondary N) is 1. The molecule has 2 N–H and O–H groups in total. The maximum absolute atomic E-state index is 11.4. The molecule has 0 aliphatic carbocycles. The molecule has 0 saturated carbocycles. The van der Waals surface area contributed by atoms with Crippen LogP contribution < -0.4 is 10.1 Å². The highest BCUT2D eigenvalue weighted by atomic mass is 16.5. The van der Waals surface area contributed by atoms with E-state index in [1.165, 1.54) is 17.6 Å². The lowest BCUT2D eigenvalue weighted by atomic mass is 9.93. The van der Waals surface area contributed by atoms with E-state index in [1.807, 2.05) is 54.2 Å². The molecule has 1 fully saturated rings. The van der Waals surface area contributed by atoms with E-state index in [9.17, 15) is 9.90 Å². The minimum Gasteiger partial charge on any atom is -0.465 e. The van der Waals surface area contributed by atoms with Crippen molar-refractivity contribution in [2.75, 3.05) is 18.4 Å². The second-order valence-electron chi connectivity index (χ2n) is 9.20. The van der Waals surface area contributed by atoms with Crippen LogP contribution in [0.15, 0.2) is 61.4 Å².